The Balaban J connectivity index is 1.62. The maximum absolute atomic E-state index is 4.98. The monoisotopic (exact) mass is 396 g/mol. The number of thiophene rings is 1. The third-order valence-electron chi connectivity index (χ3n) is 5.14. The van der Waals surface area contributed by atoms with Gasteiger partial charge in [0.2, 0.25) is 0 Å². The fourth-order valence-corrected chi connectivity index (χ4v) is 4.66. The average Bonchev–Trinajstić information content (AvgIpc) is 3.24. The molecule has 5 heteroatoms. The van der Waals surface area contributed by atoms with Crippen molar-refractivity contribution in [2.45, 2.75) is 25.7 Å². The van der Waals surface area contributed by atoms with Crippen LogP contribution in [-0.2, 0) is 12.8 Å². The highest BCUT2D eigenvalue weighted by Gasteiger charge is 2.18. The summed E-state index contributed by atoms with van der Waals surface area (Å²) in [6.07, 6.45) is 16.0. The molecule has 29 heavy (non-hydrogen) atoms. The quantitative estimate of drug-likeness (QED) is 0.436. The van der Waals surface area contributed by atoms with E-state index >= 15 is 0 Å². The van der Waals surface area contributed by atoms with E-state index in [1.165, 1.54) is 22.1 Å². The lowest BCUT2D eigenvalue weighted by Gasteiger charge is -2.11. The summed E-state index contributed by atoms with van der Waals surface area (Å²) in [7, 11) is 0. The predicted molar refractivity (Wildman–Crippen MR) is 119 cm³/mol. The van der Waals surface area contributed by atoms with Crippen LogP contribution < -0.4 is 0 Å². The van der Waals surface area contributed by atoms with Crippen LogP contribution in [0.3, 0.4) is 0 Å². The zero-order chi connectivity index (χ0) is 19.5. The van der Waals surface area contributed by atoms with Gasteiger partial charge in [-0.2, -0.15) is 0 Å². The Morgan fingerprint density at radius 3 is 2.79 bits per heavy atom. The molecule has 0 saturated carbocycles. The first-order valence-corrected chi connectivity index (χ1v) is 10.7. The maximum Gasteiger partial charge on any atom is 0.179 e. The van der Waals surface area contributed by atoms with E-state index in [2.05, 4.69) is 39.6 Å². The van der Waals surface area contributed by atoms with Crippen LogP contribution in [0.25, 0.3) is 27.3 Å². The van der Waals surface area contributed by atoms with Crippen molar-refractivity contribution in [1.82, 2.24) is 19.9 Å². The fourth-order valence-electron chi connectivity index (χ4n) is 3.68. The van der Waals surface area contributed by atoms with Gasteiger partial charge in [-0.05, 0) is 60.6 Å². The highest BCUT2D eigenvalue weighted by molar-refractivity contribution is 7.17. The third kappa shape index (κ3) is 3.74. The van der Waals surface area contributed by atoms with Gasteiger partial charge in [-0.15, -0.1) is 11.3 Å². The highest BCUT2D eigenvalue weighted by atomic mass is 32.1. The topological polar surface area (TPSA) is 51.6 Å². The van der Waals surface area contributed by atoms with Crippen LogP contribution >= 0.6 is 11.3 Å². The van der Waals surface area contributed by atoms with Gasteiger partial charge in [-0.25, -0.2) is 9.97 Å². The Kier molecular flexibility index (Phi) is 4.97. The minimum atomic E-state index is 0.699. The number of aryl methyl sites for hydroxylation is 2. The second-order valence-corrected chi connectivity index (χ2v) is 7.92. The largest absolute Gasteiger partial charge is 0.264 e. The van der Waals surface area contributed by atoms with Crippen LogP contribution in [-0.4, -0.2) is 19.9 Å². The van der Waals surface area contributed by atoms with E-state index in [1.54, 1.807) is 17.5 Å². The first kappa shape index (κ1) is 17.9. The SMILES string of the molecule is C1=CCCC(c2csc3nc(-c4ccccn4)nc(CCc4cccnc4)c23)=C1. The van der Waals surface area contributed by atoms with Gasteiger partial charge >= 0.3 is 0 Å². The minimum Gasteiger partial charge on any atom is -0.264 e. The molecule has 1 aliphatic carbocycles. The number of hydrogen-bond acceptors (Lipinski definition) is 5. The number of aromatic nitrogens is 4. The molecule has 4 aromatic rings. The molecular formula is C24H20N4S. The van der Waals surface area contributed by atoms with Crippen molar-refractivity contribution in [2.75, 3.05) is 0 Å². The number of rotatable bonds is 5. The molecule has 0 radical (unpaired) electrons. The molecule has 142 valence electrons. The first-order valence-electron chi connectivity index (χ1n) is 9.83. The van der Waals surface area contributed by atoms with Crippen molar-refractivity contribution in [3.05, 3.63) is 89.4 Å². The molecule has 0 aliphatic heterocycles. The maximum atomic E-state index is 4.98. The van der Waals surface area contributed by atoms with Gasteiger partial charge in [0.15, 0.2) is 5.82 Å². The van der Waals surface area contributed by atoms with Crippen LogP contribution in [0.4, 0.5) is 0 Å². The first-order chi connectivity index (χ1) is 14.4. The second kappa shape index (κ2) is 8.05. The molecule has 0 atom stereocenters. The van der Waals surface area contributed by atoms with Crippen molar-refractivity contribution in [2.24, 2.45) is 0 Å². The average molecular weight is 397 g/mol. The van der Waals surface area contributed by atoms with Crippen LogP contribution in [0.1, 0.15) is 29.7 Å². The highest BCUT2D eigenvalue weighted by Crippen LogP contribution is 2.36. The smallest absolute Gasteiger partial charge is 0.179 e. The molecule has 4 aromatic heterocycles. The number of hydrogen-bond donors (Lipinski definition) is 0. The van der Waals surface area contributed by atoms with Gasteiger partial charge in [0, 0.05) is 29.4 Å². The summed E-state index contributed by atoms with van der Waals surface area (Å²) in [5.41, 5.74) is 5.77. The van der Waals surface area contributed by atoms with Crippen LogP contribution in [0, 0.1) is 0 Å². The van der Waals surface area contributed by atoms with E-state index in [0.29, 0.717) is 5.82 Å². The summed E-state index contributed by atoms with van der Waals surface area (Å²) < 4.78 is 0. The summed E-state index contributed by atoms with van der Waals surface area (Å²) >= 11 is 1.70. The Hall–Kier alpha value is -3.18. The summed E-state index contributed by atoms with van der Waals surface area (Å²) in [6, 6.07) is 9.96. The van der Waals surface area contributed by atoms with Crippen molar-refractivity contribution >= 4 is 27.1 Å². The van der Waals surface area contributed by atoms with Gasteiger partial charge in [0.1, 0.15) is 10.5 Å². The summed E-state index contributed by atoms with van der Waals surface area (Å²) in [4.78, 5) is 19.6. The lowest BCUT2D eigenvalue weighted by atomic mass is 9.96. The van der Waals surface area contributed by atoms with Crippen molar-refractivity contribution in [3.63, 3.8) is 0 Å². The minimum absolute atomic E-state index is 0.699. The van der Waals surface area contributed by atoms with Gasteiger partial charge < -0.3 is 0 Å². The van der Waals surface area contributed by atoms with E-state index < -0.39 is 0 Å². The summed E-state index contributed by atoms with van der Waals surface area (Å²) in [5, 5.41) is 3.43. The van der Waals surface area contributed by atoms with Crippen molar-refractivity contribution < 1.29 is 0 Å². The fraction of sp³-hybridized carbons (Fsp3) is 0.167. The molecule has 0 fully saturated rings. The van der Waals surface area contributed by atoms with E-state index in [-0.39, 0.29) is 0 Å². The number of allylic oxidation sites excluding steroid dienone is 4. The van der Waals surface area contributed by atoms with Crippen molar-refractivity contribution in [1.29, 1.82) is 0 Å². The number of pyridine rings is 2. The predicted octanol–water partition coefficient (Wildman–Crippen LogP) is 5.67. The van der Waals surface area contributed by atoms with Crippen molar-refractivity contribution in [3.8, 4) is 11.5 Å². The van der Waals surface area contributed by atoms with E-state index in [1.807, 2.05) is 36.7 Å². The molecule has 0 amide bonds. The Morgan fingerprint density at radius 1 is 1.00 bits per heavy atom. The Bertz CT molecular complexity index is 1190. The molecule has 0 bridgehead atoms. The van der Waals surface area contributed by atoms with Gasteiger partial charge in [0.05, 0.1) is 5.69 Å². The molecule has 5 rings (SSSR count). The lowest BCUT2D eigenvalue weighted by molar-refractivity contribution is 0.912. The molecule has 0 N–H and O–H groups in total. The zero-order valence-electron chi connectivity index (χ0n) is 16.0. The summed E-state index contributed by atoms with van der Waals surface area (Å²) in [6.45, 7) is 0. The van der Waals surface area contributed by atoms with Gasteiger partial charge in [-0.3, -0.25) is 9.97 Å². The normalized spacial score (nSPS) is 13.6. The molecule has 4 heterocycles. The lowest BCUT2D eigenvalue weighted by Crippen LogP contribution is -2.02. The van der Waals surface area contributed by atoms with Gasteiger partial charge in [-0.1, -0.05) is 30.4 Å². The molecule has 1 aliphatic rings. The molecule has 0 saturated heterocycles. The number of nitrogens with zero attached hydrogens (tertiary/aromatic N) is 4. The molecule has 0 aromatic carbocycles. The van der Waals surface area contributed by atoms with E-state index in [9.17, 15) is 0 Å². The molecule has 4 nitrogen and oxygen atoms in total. The van der Waals surface area contributed by atoms with Crippen LogP contribution in [0.2, 0.25) is 0 Å². The van der Waals surface area contributed by atoms with E-state index in [4.69, 9.17) is 9.97 Å². The molecule has 0 spiro atoms. The van der Waals surface area contributed by atoms with Crippen LogP contribution in [0.15, 0.2) is 72.5 Å². The standard InChI is InChI=1S/C24H20N4S/c1-2-8-18(9-3-1)19-16-29-24-22(19)20(12-11-17-7-6-13-25-15-17)27-23(28-24)21-10-4-5-14-26-21/h1-2,4-8,10,13-16H,3,9,11-12H2. The van der Waals surface area contributed by atoms with Crippen LogP contribution in [0.5, 0.6) is 0 Å². The Labute approximate surface area is 173 Å². The second-order valence-electron chi connectivity index (χ2n) is 7.06. The third-order valence-corrected chi connectivity index (χ3v) is 6.01. The van der Waals surface area contributed by atoms with E-state index in [0.717, 1.165) is 41.9 Å². The Morgan fingerprint density at radius 2 is 2.00 bits per heavy atom. The summed E-state index contributed by atoms with van der Waals surface area (Å²) in [5.74, 6) is 0.699. The number of fused-ring (bicyclic) bond motifs is 1. The molecule has 0 unspecified atom stereocenters. The molecular weight excluding hydrogens is 376 g/mol. The zero-order valence-corrected chi connectivity index (χ0v) is 16.8. The van der Waals surface area contributed by atoms with Gasteiger partial charge in [0.25, 0.3) is 0 Å².